The highest BCUT2D eigenvalue weighted by Crippen LogP contribution is 2.39. The van der Waals surface area contributed by atoms with Gasteiger partial charge >= 0.3 is 5.97 Å². The number of aliphatic hydroxyl groups is 1. The third kappa shape index (κ3) is 5.16. The molecule has 0 amide bonds. The van der Waals surface area contributed by atoms with Crippen LogP contribution in [0.15, 0.2) is 90.5 Å². The van der Waals surface area contributed by atoms with Gasteiger partial charge in [-0.05, 0) is 23.8 Å². The van der Waals surface area contributed by atoms with Crippen molar-refractivity contribution in [1.82, 2.24) is 0 Å². The first-order valence-electron chi connectivity index (χ1n) is 10.9. The van der Waals surface area contributed by atoms with Gasteiger partial charge in [0.15, 0.2) is 11.7 Å². The molecule has 1 aliphatic heterocycles. The van der Waals surface area contributed by atoms with Gasteiger partial charge in [-0.2, -0.15) is 5.26 Å². The van der Waals surface area contributed by atoms with Crippen LogP contribution in [0.3, 0.4) is 0 Å². The number of hydrogen-bond donors (Lipinski definition) is 2. The van der Waals surface area contributed by atoms with E-state index in [2.05, 4.69) is 5.32 Å². The van der Waals surface area contributed by atoms with Gasteiger partial charge in [-0.25, -0.2) is 4.79 Å². The highest BCUT2D eigenvalue weighted by molar-refractivity contribution is 6.00. The zero-order valence-corrected chi connectivity index (χ0v) is 19.0. The van der Waals surface area contributed by atoms with Crippen molar-refractivity contribution in [2.75, 3.05) is 5.32 Å². The van der Waals surface area contributed by atoms with Gasteiger partial charge in [-0.3, -0.25) is 14.9 Å². The molecule has 10 heteroatoms. The number of rotatable bonds is 8. The molecule has 0 aromatic heterocycles. The third-order valence-electron chi connectivity index (χ3n) is 5.67. The molecule has 1 aliphatic rings. The largest absolute Gasteiger partial charge is 0.871 e. The molecule has 2 N–H and O–H groups in total. The number of nitro groups is 1. The number of fused-ring (bicyclic) bond motifs is 1. The minimum absolute atomic E-state index is 0.0891. The number of nitrogens with zero attached hydrogens (tertiary/aromatic N) is 2. The second-order valence-corrected chi connectivity index (χ2v) is 7.97. The Kier molecular flexibility index (Phi) is 6.97. The average molecular weight is 496 g/mol. The number of nitriles is 1. The Balaban J connectivity index is 1.73. The Hall–Kier alpha value is -5.43. The van der Waals surface area contributed by atoms with Crippen LogP contribution in [0.4, 0.5) is 11.4 Å². The summed E-state index contributed by atoms with van der Waals surface area (Å²) in [6.07, 6.45) is 1.34. The van der Waals surface area contributed by atoms with Crippen molar-refractivity contribution < 1.29 is 29.5 Å². The van der Waals surface area contributed by atoms with Crippen LogP contribution in [0.5, 0.6) is 0 Å². The van der Waals surface area contributed by atoms with Gasteiger partial charge in [-0.1, -0.05) is 60.4 Å². The van der Waals surface area contributed by atoms with E-state index in [1.807, 2.05) is 0 Å². The summed E-state index contributed by atoms with van der Waals surface area (Å²) in [5, 5.41) is 46.7. The summed E-state index contributed by atoms with van der Waals surface area (Å²) in [7, 11) is 0. The standard InChI is InChI=1S/C27H19N3O7/c28-15-17-14-18(30(35)36)11-12-21(17)29-26(33)24(32)23(22(31)13-10-16-6-2-1-3-7-16)25-19-8-4-5-9-20(19)27(34)37-25/h1-14,23,25,29,32-33H/p-1/b13-10+,26-24?. The number of cyclic esters (lactones) is 1. The zero-order chi connectivity index (χ0) is 26.5. The molecule has 2 unspecified atom stereocenters. The molecule has 0 saturated carbocycles. The zero-order valence-electron chi connectivity index (χ0n) is 19.0. The van der Waals surface area contributed by atoms with Crippen LogP contribution in [0.1, 0.15) is 33.2 Å². The number of nitrogens with one attached hydrogen (secondary N) is 1. The van der Waals surface area contributed by atoms with Crippen LogP contribution in [0.25, 0.3) is 6.08 Å². The average Bonchev–Trinajstić information content (AvgIpc) is 3.24. The molecule has 10 nitrogen and oxygen atoms in total. The Morgan fingerprint density at radius 2 is 1.84 bits per heavy atom. The van der Waals surface area contributed by atoms with Crippen molar-refractivity contribution in [2.45, 2.75) is 6.10 Å². The maximum absolute atomic E-state index is 13.4. The van der Waals surface area contributed by atoms with Crippen molar-refractivity contribution in [3.8, 4) is 6.07 Å². The summed E-state index contributed by atoms with van der Waals surface area (Å²) in [4.78, 5) is 36.0. The summed E-state index contributed by atoms with van der Waals surface area (Å²) in [6.45, 7) is 0. The molecule has 0 radical (unpaired) electrons. The van der Waals surface area contributed by atoms with E-state index < -0.39 is 40.3 Å². The lowest BCUT2D eigenvalue weighted by Crippen LogP contribution is -2.31. The van der Waals surface area contributed by atoms with Gasteiger partial charge in [0.25, 0.3) is 5.69 Å². The molecule has 0 spiro atoms. The Bertz CT molecular complexity index is 1490. The summed E-state index contributed by atoms with van der Waals surface area (Å²) in [6, 6.07) is 20.1. The third-order valence-corrected chi connectivity index (χ3v) is 5.67. The minimum Gasteiger partial charge on any atom is -0.871 e. The molecular formula is C27H18N3O7-. The summed E-state index contributed by atoms with van der Waals surface area (Å²) < 4.78 is 5.38. The molecule has 0 fully saturated rings. The molecule has 1 heterocycles. The second kappa shape index (κ2) is 10.5. The molecule has 4 rings (SSSR count). The fourth-order valence-electron chi connectivity index (χ4n) is 3.87. The number of hydrogen-bond acceptors (Lipinski definition) is 9. The normalized spacial score (nSPS) is 15.8. The van der Waals surface area contributed by atoms with Crippen molar-refractivity contribution in [3.05, 3.63) is 123 Å². The number of ketones is 1. The molecule has 2 atom stereocenters. The first-order valence-corrected chi connectivity index (χ1v) is 10.9. The first-order chi connectivity index (χ1) is 17.8. The van der Waals surface area contributed by atoms with Crippen LogP contribution in [0, 0.1) is 27.4 Å². The lowest BCUT2D eigenvalue weighted by molar-refractivity contribution is -0.384. The van der Waals surface area contributed by atoms with E-state index in [0.717, 1.165) is 24.3 Å². The van der Waals surface area contributed by atoms with Crippen LogP contribution >= 0.6 is 0 Å². The van der Waals surface area contributed by atoms with Crippen molar-refractivity contribution in [2.24, 2.45) is 5.92 Å². The number of carbonyl (C=O) groups excluding carboxylic acids is 2. The molecular weight excluding hydrogens is 478 g/mol. The Morgan fingerprint density at radius 1 is 1.14 bits per heavy atom. The van der Waals surface area contributed by atoms with E-state index in [9.17, 15) is 35.2 Å². The topological polar surface area (TPSA) is 166 Å². The van der Waals surface area contributed by atoms with Crippen LogP contribution in [-0.2, 0) is 9.53 Å². The monoisotopic (exact) mass is 496 g/mol. The van der Waals surface area contributed by atoms with Crippen LogP contribution in [0.2, 0.25) is 0 Å². The van der Waals surface area contributed by atoms with E-state index in [1.54, 1.807) is 54.6 Å². The van der Waals surface area contributed by atoms with Gasteiger partial charge in [-0.15, -0.1) is 0 Å². The van der Waals surface area contributed by atoms with Gasteiger partial charge < -0.3 is 20.3 Å². The fraction of sp³-hybridized carbons (Fsp3) is 0.0741. The van der Waals surface area contributed by atoms with E-state index in [-0.39, 0.29) is 22.5 Å². The molecule has 3 aromatic rings. The van der Waals surface area contributed by atoms with Crippen LogP contribution in [-0.4, -0.2) is 21.8 Å². The number of esters is 1. The summed E-state index contributed by atoms with van der Waals surface area (Å²) in [5.74, 6) is -5.20. The molecule has 0 bridgehead atoms. The smallest absolute Gasteiger partial charge is 0.339 e. The quantitative estimate of drug-likeness (QED) is 0.155. The summed E-state index contributed by atoms with van der Waals surface area (Å²) in [5.41, 5.74) is 0.531. The lowest BCUT2D eigenvalue weighted by atomic mass is 9.89. The minimum atomic E-state index is -1.65. The lowest BCUT2D eigenvalue weighted by Gasteiger charge is -2.28. The number of aliphatic hydroxyl groups excluding tert-OH is 1. The van der Waals surface area contributed by atoms with E-state index >= 15 is 0 Å². The molecule has 37 heavy (non-hydrogen) atoms. The van der Waals surface area contributed by atoms with Crippen LogP contribution < -0.4 is 10.4 Å². The highest BCUT2D eigenvalue weighted by atomic mass is 16.6. The summed E-state index contributed by atoms with van der Waals surface area (Å²) >= 11 is 0. The molecule has 184 valence electrons. The SMILES string of the molecule is N#Cc1cc([N+](=O)[O-])ccc1NC(O)=C([O-])C(C(=O)/C=C/c1ccccc1)C1OC(=O)c2ccccc21. The predicted octanol–water partition coefficient (Wildman–Crippen LogP) is 3.78. The second-order valence-electron chi connectivity index (χ2n) is 7.97. The van der Waals surface area contributed by atoms with Gasteiger partial charge in [0.2, 0.25) is 0 Å². The van der Waals surface area contributed by atoms with Crippen molar-refractivity contribution >= 4 is 29.2 Å². The highest BCUT2D eigenvalue weighted by Gasteiger charge is 2.39. The predicted molar refractivity (Wildman–Crippen MR) is 130 cm³/mol. The van der Waals surface area contributed by atoms with Crippen molar-refractivity contribution in [1.29, 1.82) is 5.26 Å². The van der Waals surface area contributed by atoms with E-state index in [1.165, 1.54) is 12.1 Å². The maximum Gasteiger partial charge on any atom is 0.339 e. The Morgan fingerprint density at radius 3 is 2.54 bits per heavy atom. The Labute approximate surface area is 210 Å². The first kappa shape index (κ1) is 24.7. The number of ether oxygens (including phenoxy) is 1. The molecule has 3 aromatic carbocycles. The number of non-ortho nitro benzene ring substituents is 1. The van der Waals surface area contributed by atoms with Crippen molar-refractivity contribution in [3.63, 3.8) is 0 Å². The van der Waals surface area contributed by atoms with E-state index in [4.69, 9.17) is 4.74 Å². The number of benzene rings is 3. The number of anilines is 1. The number of allylic oxidation sites excluding steroid dienone is 1. The van der Waals surface area contributed by atoms with Gasteiger partial charge in [0, 0.05) is 17.7 Å². The molecule has 0 saturated heterocycles. The maximum atomic E-state index is 13.4. The van der Waals surface area contributed by atoms with E-state index in [0.29, 0.717) is 11.1 Å². The van der Waals surface area contributed by atoms with Gasteiger partial charge in [0.1, 0.15) is 12.2 Å². The molecule has 0 aliphatic carbocycles. The number of nitro benzene ring substituents is 1. The fourth-order valence-corrected chi connectivity index (χ4v) is 3.87. The number of carbonyl (C=O) groups is 2. The van der Waals surface area contributed by atoms with Gasteiger partial charge in [0.05, 0.1) is 27.7 Å².